The monoisotopic (exact) mass is 503 g/mol. The molecule has 9 heteroatoms. The number of morpholine rings is 1. The van der Waals surface area contributed by atoms with Crippen LogP contribution in [-0.2, 0) is 21.2 Å². The fourth-order valence-electron chi connectivity index (χ4n) is 4.45. The van der Waals surface area contributed by atoms with Crippen LogP contribution in [0.5, 0.6) is 5.75 Å². The van der Waals surface area contributed by atoms with Crippen molar-refractivity contribution in [2.75, 3.05) is 53.0 Å². The summed E-state index contributed by atoms with van der Waals surface area (Å²) in [6, 6.07) is 16.1. The van der Waals surface area contributed by atoms with Crippen LogP contribution in [0.3, 0.4) is 0 Å². The number of nitrogens with one attached hydrogen (secondary N) is 1. The molecule has 0 radical (unpaired) electrons. The second kappa shape index (κ2) is 12.3. The zero-order valence-corrected chi connectivity index (χ0v) is 21.2. The van der Waals surface area contributed by atoms with Gasteiger partial charge >= 0.3 is 0 Å². The standard InChI is InChI=1S/C26H37N3O5S/c1-33-23-9-11-24(12-10-23)35(31,32)29(22-7-8-22)20-26(30)25(19-21-5-3-2-4-6-21)27-13-14-28-15-17-34-18-16-28/h2-6,9-12,22,25-27,30H,7-8,13-20H2,1H3/t25-,26+/m0/s1. The molecule has 1 heterocycles. The Morgan fingerprint density at radius 1 is 1.11 bits per heavy atom. The van der Waals surface area contributed by atoms with E-state index < -0.39 is 16.1 Å². The van der Waals surface area contributed by atoms with Crippen LogP contribution >= 0.6 is 0 Å². The Bertz CT molecular complexity index is 1010. The molecule has 1 aliphatic heterocycles. The van der Waals surface area contributed by atoms with E-state index >= 15 is 0 Å². The summed E-state index contributed by atoms with van der Waals surface area (Å²) >= 11 is 0. The highest BCUT2D eigenvalue weighted by atomic mass is 32.2. The summed E-state index contributed by atoms with van der Waals surface area (Å²) in [7, 11) is -2.18. The van der Waals surface area contributed by atoms with Crippen LogP contribution in [0.4, 0.5) is 0 Å². The Labute approximate surface area is 208 Å². The Balaban J connectivity index is 1.45. The number of sulfonamides is 1. The third-order valence-electron chi connectivity index (χ3n) is 6.69. The molecule has 0 amide bonds. The fourth-order valence-corrected chi connectivity index (χ4v) is 6.15. The summed E-state index contributed by atoms with van der Waals surface area (Å²) in [5.41, 5.74) is 1.10. The first-order valence-electron chi connectivity index (χ1n) is 12.4. The molecule has 2 aromatic rings. The Kier molecular flexibility index (Phi) is 9.16. The second-order valence-electron chi connectivity index (χ2n) is 9.25. The average molecular weight is 504 g/mol. The van der Waals surface area contributed by atoms with Crippen LogP contribution in [0.25, 0.3) is 0 Å². The molecule has 4 rings (SSSR count). The van der Waals surface area contributed by atoms with Crippen molar-refractivity contribution in [1.29, 1.82) is 0 Å². The first kappa shape index (κ1) is 26.1. The smallest absolute Gasteiger partial charge is 0.243 e. The zero-order chi connectivity index (χ0) is 24.7. The topological polar surface area (TPSA) is 91.3 Å². The predicted molar refractivity (Wildman–Crippen MR) is 135 cm³/mol. The van der Waals surface area contributed by atoms with Crippen molar-refractivity contribution < 1.29 is 23.0 Å². The van der Waals surface area contributed by atoms with Crippen LogP contribution in [0.2, 0.25) is 0 Å². The lowest BCUT2D eigenvalue weighted by Crippen LogP contribution is -2.51. The van der Waals surface area contributed by atoms with Crippen LogP contribution in [0.15, 0.2) is 59.5 Å². The highest BCUT2D eigenvalue weighted by molar-refractivity contribution is 7.89. The highest BCUT2D eigenvalue weighted by Gasteiger charge is 2.40. The molecular formula is C26H37N3O5S. The number of benzene rings is 2. The summed E-state index contributed by atoms with van der Waals surface area (Å²) in [6.07, 6.45) is 1.39. The first-order valence-corrected chi connectivity index (χ1v) is 13.8. The van der Waals surface area contributed by atoms with Crippen LogP contribution < -0.4 is 10.1 Å². The third kappa shape index (κ3) is 7.25. The second-order valence-corrected chi connectivity index (χ2v) is 11.1. The van der Waals surface area contributed by atoms with Gasteiger partial charge in [-0.25, -0.2) is 8.42 Å². The molecule has 1 aliphatic carbocycles. The van der Waals surface area contributed by atoms with E-state index in [1.165, 1.54) is 4.31 Å². The quantitative estimate of drug-likeness (QED) is 0.430. The van der Waals surface area contributed by atoms with Gasteiger partial charge in [0.05, 0.1) is 31.3 Å². The molecule has 0 aromatic heterocycles. The number of nitrogens with zero attached hydrogens (tertiary/aromatic N) is 2. The maximum Gasteiger partial charge on any atom is 0.243 e. The lowest BCUT2D eigenvalue weighted by Gasteiger charge is -2.31. The molecular weight excluding hydrogens is 466 g/mol. The van der Waals surface area contributed by atoms with Crippen LogP contribution in [-0.4, -0.2) is 94.0 Å². The molecule has 2 atom stereocenters. The summed E-state index contributed by atoms with van der Waals surface area (Å²) < 4.78 is 39.1. The van der Waals surface area contributed by atoms with Gasteiger partial charge in [0, 0.05) is 44.8 Å². The van der Waals surface area contributed by atoms with E-state index in [2.05, 4.69) is 10.2 Å². The Hall–Kier alpha value is -2.01. The number of aliphatic hydroxyl groups excluding tert-OH is 1. The van der Waals surface area contributed by atoms with E-state index in [1.807, 2.05) is 30.3 Å². The van der Waals surface area contributed by atoms with Gasteiger partial charge < -0.3 is 19.9 Å². The summed E-state index contributed by atoms with van der Waals surface area (Å²) in [5, 5.41) is 14.8. The molecule has 192 valence electrons. The predicted octanol–water partition coefficient (Wildman–Crippen LogP) is 1.74. The molecule has 2 N–H and O–H groups in total. The van der Waals surface area contributed by atoms with E-state index in [1.54, 1.807) is 31.4 Å². The van der Waals surface area contributed by atoms with E-state index in [9.17, 15) is 13.5 Å². The Morgan fingerprint density at radius 3 is 2.43 bits per heavy atom. The molecule has 2 aromatic carbocycles. The van der Waals surface area contributed by atoms with Crippen molar-refractivity contribution in [3.05, 3.63) is 60.2 Å². The average Bonchev–Trinajstić information content (AvgIpc) is 3.73. The van der Waals surface area contributed by atoms with E-state index in [0.29, 0.717) is 18.7 Å². The number of hydrogen-bond acceptors (Lipinski definition) is 7. The van der Waals surface area contributed by atoms with Crippen LogP contribution in [0.1, 0.15) is 18.4 Å². The molecule has 0 unspecified atom stereocenters. The summed E-state index contributed by atoms with van der Waals surface area (Å²) in [6.45, 7) is 4.93. The van der Waals surface area contributed by atoms with Gasteiger partial charge in [-0.2, -0.15) is 4.31 Å². The van der Waals surface area contributed by atoms with Crippen molar-refractivity contribution in [1.82, 2.24) is 14.5 Å². The normalized spacial score (nSPS) is 18.9. The van der Waals surface area contributed by atoms with Crippen molar-refractivity contribution in [3.8, 4) is 5.75 Å². The zero-order valence-electron chi connectivity index (χ0n) is 20.4. The number of hydrogen-bond donors (Lipinski definition) is 2. The fraction of sp³-hybridized carbons (Fsp3) is 0.538. The minimum atomic E-state index is -3.73. The van der Waals surface area contributed by atoms with E-state index in [4.69, 9.17) is 9.47 Å². The van der Waals surface area contributed by atoms with Gasteiger partial charge in [-0.05, 0) is 49.1 Å². The molecule has 35 heavy (non-hydrogen) atoms. The Morgan fingerprint density at radius 2 is 1.80 bits per heavy atom. The SMILES string of the molecule is COc1ccc(S(=O)(=O)N(C[C@@H](O)[C@H](Cc2ccccc2)NCCN2CCOCC2)C2CC2)cc1. The highest BCUT2D eigenvalue weighted by Crippen LogP contribution is 2.33. The minimum Gasteiger partial charge on any atom is -0.497 e. The molecule has 0 bridgehead atoms. The van der Waals surface area contributed by atoms with Gasteiger partial charge in [0.15, 0.2) is 0 Å². The first-order chi connectivity index (χ1) is 17.0. The number of ether oxygens (including phenoxy) is 2. The maximum absolute atomic E-state index is 13.5. The molecule has 2 aliphatic rings. The van der Waals surface area contributed by atoms with Gasteiger partial charge in [0.2, 0.25) is 10.0 Å². The third-order valence-corrected chi connectivity index (χ3v) is 8.62. The largest absolute Gasteiger partial charge is 0.497 e. The molecule has 1 saturated heterocycles. The van der Waals surface area contributed by atoms with Gasteiger partial charge in [-0.15, -0.1) is 0 Å². The minimum absolute atomic E-state index is 0.0566. The molecule has 8 nitrogen and oxygen atoms in total. The number of rotatable bonds is 13. The van der Waals surface area contributed by atoms with Crippen molar-refractivity contribution in [3.63, 3.8) is 0 Å². The molecule has 1 saturated carbocycles. The lowest BCUT2D eigenvalue weighted by molar-refractivity contribution is 0.0366. The van der Waals surface area contributed by atoms with Gasteiger partial charge in [0.1, 0.15) is 5.75 Å². The van der Waals surface area contributed by atoms with Crippen molar-refractivity contribution in [2.45, 2.75) is 42.3 Å². The lowest BCUT2D eigenvalue weighted by atomic mass is 10.0. The summed E-state index contributed by atoms with van der Waals surface area (Å²) in [4.78, 5) is 2.56. The molecule has 2 fully saturated rings. The van der Waals surface area contributed by atoms with Crippen molar-refractivity contribution >= 4 is 10.0 Å². The van der Waals surface area contributed by atoms with Gasteiger partial charge in [-0.1, -0.05) is 30.3 Å². The molecule has 0 spiro atoms. The van der Waals surface area contributed by atoms with Crippen molar-refractivity contribution in [2.24, 2.45) is 0 Å². The summed E-state index contributed by atoms with van der Waals surface area (Å²) in [5.74, 6) is 0.606. The van der Waals surface area contributed by atoms with Crippen LogP contribution in [0, 0.1) is 0 Å². The van der Waals surface area contributed by atoms with E-state index in [-0.39, 0.29) is 23.5 Å². The maximum atomic E-state index is 13.5. The van der Waals surface area contributed by atoms with Gasteiger partial charge in [0.25, 0.3) is 0 Å². The van der Waals surface area contributed by atoms with E-state index in [0.717, 1.165) is 51.3 Å². The number of aliphatic hydroxyl groups is 1. The van der Waals surface area contributed by atoms with Gasteiger partial charge in [-0.3, -0.25) is 4.90 Å². The number of methoxy groups -OCH3 is 1.